The SMILES string of the molecule is CCCCCNc1ncnc2c1c(Br)cn2[C@@H]1O[C@H](C)[C@@H](O)[C@H]1O. The van der Waals surface area contributed by atoms with Gasteiger partial charge in [0.15, 0.2) is 6.23 Å². The van der Waals surface area contributed by atoms with Crippen molar-refractivity contribution in [1.82, 2.24) is 14.5 Å². The van der Waals surface area contributed by atoms with Crippen molar-refractivity contribution in [2.45, 2.75) is 57.6 Å². The zero-order valence-electron chi connectivity index (χ0n) is 13.8. The average Bonchev–Trinajstić information content (AvgIpc) is 3.04. The first-order valence-electron chi connectivity index (χ1n) is 8.31. The molecular formula is C16H23BrN4O3. The standard InChI is InChI=1S/C16H23BrN4O3/c1-3-4-5-6-18-14-11-10(17)7-21(15(11)20-8-19-14)16-13(23)12(22)9(2)24-16/h7-9,12-13,16,22-23H,3-6H2,1-2H3,(H,18,19,20)/t9-,12-,13-,16-/m1/s1. The van der Waals surface area contributed by atoms with Gasteiger partial charge in [-0.25, -0.2) is 9.97 Å². The van der Waals surface area contributed by atoms with Gasteiger partial charge in [-0.05, 0) is 29.3 Å². The summed E-state index contributed by atoms with van der Waals surface area (Å²) in [5.41, 5.74) is 0.653. The van der Waals surface area contributed by atoms with Crippen LogP contribution >= 0.6 is 15.9 Å². The largest absolute Gasteiger partial charge is 0.388 e. The number of nitrogens with one attached hydrogen (secondary N) is 1. The first kappa shape index (κ1) is 17.6. The molecule has 0 saturated carbocycles. The van der Waals surface area contributed by atoms with Crippen LogP contribution < -0.4 is 5.32 Å². The molecule has 8 heteroatoms. The predicted molar refractivity (Wildman–Crippen MR) is 94.8 cm³/mol. The van der Waals surface area contributed by atoms with Crippen LogP contribution in [0.4, 0.5) is 5.82 Å². The zero-order chi connectivity index (χ0) is 17.3. The van der Waals surface area contributed by atoms with Crippen LogP contribution in [-0.2, 0) is 4.74 Å². The molecule has 0 radical (unpaired) electrons. The van der Waals surface area contributed by atoms with E-state index in [1.807, 2.05) is 6.20 Å². The van der Waals surface area contributed by atoms with Gasteiger partial charge in [0, 0.05) is 17.2 Å². The highest BCUT2D eigenvalue weighted by molar-refractivity contribution is 9.10. The van der Waals surface area contributed by atoms with Gasteiger partial charge in [0.2, 0.25) is 0 Å². The lowest BCUT2D eigenvalue weighted by Gasteiger charge is -2.17. The van der Waals surface area contributed by atoms with E-state index in [1.54, 1.807) is 11.5 Å². The Morgan fingerprint density at radius 3 is 2.75 bits per heavy atom. The van der Waals surface area contributed by atoms with Crippen molar-refractivity contribution in [3.05, 3.63) is 17.0 Å². The summed E-state index contributed by atoms with van der Waals surface area (Å²) in [6, 6.07) is 0. The number of fused-ring (bicyclic) bond motifs is 1. The molecule has 0 aliphatic carbocycles. The number of nitrogens with zero attached hydrogens (tertiary/aromatic N) is 3. The second-order valence-corrected chi connectivity index (χ2v) is 7.01. The second-order valence-electron chi connectivity index (χ2n) is 6.15. The lowest BCUT2D eigenvalue weighted by molar-refractivity contribution is -0.0296. The number of rotatable bonds is 6. The van der Waals surface area contributed by atoms with Crippen LogP contribution in [0, 0.1) is 0 Å². The van der Waals surface area contributed by atoms with Gasteiger partial charge < -0.3 is 24.8 Å². The van der Waals surface area contributed by atoms with Crippen LogP contribution in [0.3, 0.4) is 0 Å². The van der Waals surface area contributed by atoms with Crippen molar-refractivity contribution in [3.63, 3.8) is 0 Å². The zero-order valence-corrected chi connectivity index (χ0v) is 15.4. The van der Waals surface area contributed by atoms with Crippen molar-refractivity contribution in [2.75, 3.05) is 11.9 Å². The van der Waals surface area contributed by atoms with Gasteiger partial charge in [-0.3, -0.25) is 0 Å². The van der Waals surface area contributed by atoms with Crippen LogP contribution in [0.15, 0.2) is 17.0 Å². The van der Waals surface area contributed by atoms with Crippen molar-refractivity contribution >= 4 is 32.8 Å². The minimum Gasteiger partial charge on any atom is -0.388 e. The summed E-state index contributed by atoms with van der Waals surface area (Å²) in [4.78, 5) is 8.68. The summed E-state index contributed by atoms with van der Waals surface area (Å²) in [6.45, 7) is 4.75. The normalized spacial score (nSPS) is 27.0. The van der Waals surface area contributed by atoms with Gasteiger partial charge in [-0.1, -0.05) is 19.8 Å². The Labute approximate surface area is 149 Å². The minimum absolute atomic E-state index is 0.435. The van der Waals surface area contributed by atoms with E-state index in [0.29, 0.717) is 5.65 Å². The Bertz CT molecular complexity index is 708. The van der Waals surface area contributed by atoms with Gasteiger partial charge in [0.25, 0.3) is 0 Å². The second kappa shape index (κ2) is 7.35. The maximum Gasteiger partial charge on any atom is 0.164 e. The van der Waals surface area contributed by atoms with E-state index in [1.165, 1.54) is 19.2 Å². The number of aliphatic hydroxyl groups excluding tert-OH is 2. The highest BCUT2D eigenvalue weighted by atomic mass is 79.9. The van der Waals surface area contributed by atoms with Gasteiger partial charge in [0.05, 0.1) is 11.5 Å². The molecule has 0 amide bonds. The third kappa shape index (κ3) is 3.15. The molecule has 132 valence electrons. The van der Waals surface area contributed by atoms with Crippen LogP contribution in [0.2, 0.25) is 0 Å². The molecule has 7 nitrogen and oxygen atoms in total. The molecule has 3 N–H and O–H groups in total. The summed E-state index contributed by atoms with van der Waals surface area (Å²) in [5, 5.41) is 24.4. The lowest BCUT2D eigenvalue weighted by atomic mass is 10.1. The van der Waals surface area contributed by atoms with Crippen molar-refractivity contribution in [3.8, 4) is 0 Å². The van der Waals surface area contributed by atoms with E-state index in [-0.39, 0.29) is 0 Å². The Kier molecular flexibility index (Phi) is 5.39. The Morgan fingerprint density at radius 1 is 1.29 bits per heavy atom. The van der Waals surface area contributed by atoms with E-state index in [2.05, 4.69) is 38.1 Å². The maximum atomic E-state index is 10.2. The topological polar surface area (TPSA) is 92.4 Å². The third-order valence-corrected chi connectivity index (χ3v) is 4.99. The molecule has 1 aliphatic rings. The summed E-state index contributed by atoms with van der Waals surface area (Å²) in [6.07, 6.45) is 3.69. The number of aliphatic hydroxyl groups is 2. The summed E-state index contributed by atoms with van der Waals surface area (Å²) in [7, 11) is 0. The number of halogens is 1. The molecular weight excluding hydrogens is 376 g/mol. The van der Waals surface area contributed by atoms with Crippen LogP contribution in [0.25, 0.3) is 11.0 Å². The molecule has 1 saturated heterocycles. The van der Waals surface area contributed by atoms with Gasteiger partial charge in [-0.2, -0.15) is 0 Å². The molecule has 0 aromatic carbocycles. The van der Waals surface area contributed by atoms with Crippen molar-refractivity contribution in [1.29, 1.82) is 0 Å². The van der Waals surface area contributed by atoms with E-state index in [0.717, 1.165) is 28.6 Å². The van der Waals surface area contributed by atoms with E-state index in [4.69, 9.17) is 4.74 Å². The number of hydrogen-bond donors (Lipinski definition) is 3. The number of unbranched alkanes of at least 4 members (excludes halogenated alkanes) is 2. The maximum absolute atomic E-state index is 10.2. The number of aromatic nitrogens is 3. The van der Waals surface area contributed by atoms with E-state index >= 15 is 0 Å². The first-order chi connectivity index (χ1) is 11.5. The highest BCUT2D eigenvalue weighted by Crippen LogP contribution is 2.36. The fourth-order valence-electron chi connectivity index (χ4n) is 3.01. The molecule has 3 rings (SSSR count). The molecule has 2 aromatic rings. The molecule has 24 heavy (non-hydrogen) atoms. The molecule has 1 fully saturated rings. The Morgan fingerprint density at radius 2 is 2.08 bits per heavy atom. The molecule has 1 aliphatic heterocycles. The molecule has 2 aromatic heterocycles. The molecule has 0 unspecified atom stereocenters. The smallest absolute Gasteiger partial charge is 0.164 e. The van der Waals surface area contributed by atoms with Gasteiger partial charge >= 0.3 is 0 Å². The number of ether oxygens (including phenoxy) is 1. The molecule has 0 bridgehead atoms. The first-order valence-corrected chi connectivity index (χ1v) is 9.10. The minimum atomic E-state index is -1.00. The van der Waals surface area contributed by atoms with Crippen LogP contribution in [-0.4, -0.2) is 49.6 Å². The Balaban J connectivity index is 1.92. The summed E-state index contributed by atoms with van der Waals surface area (Å²) >= 11 is 3.55. The summed E-state index contributed by atoms with van der Waals surface area (Å²) in [5.74, 6) is 0.753. The van der Waals surface area contributed by atoms with E-state index < -0.39 is 24.5 Å². The molecule has 3 heterocycles. The lowest BCUT2D eigenvalue weighted by Crippen LogP contribution is -2.30. The number of anilines is 1. The number of hydrogen-bond acceptors (Lipinski definition) is 6. The molecule has 0 spiro atoms. The fraction of sp³-hybridized carbons (Fsp3) is 0.625. The average molecular weight is 399 g/mol. The monoisotopic (exact) mass is 398 g/mol. The van der Waals surface area contributed by atoms with Crippen LogP contribution in [0.5, 0.6) is 0 Å². The quantitative estimate of drug-likeness (QED) is 0.647. The van der Waals surface area contributed by atoms with Crippen molar-refractivity contribution < 1.29 is 14.9 Å². The summed E-state index contributed by atoms with van der Waals surface area (Å²) < 4.78 is 8.27. The Hall–Kier alpha value is -1.22. The highest BCUT2D eigenvalue weighted by Gasteiger charge is 2.42. The molecule has 4 atom stereocenters. The van der Waals surface area contributed by atoms with Crippen LogP contribution in [0.1, 0.15) is 39.3 Å². The van der Waals surface area contributed by atoms with Gasteiger partial charge in [0.1, 0.15) is 30.0 Å². The predicted octanol–water partition coefficient (Wildman–Crippen LogP) is 2.44. The fourth-order valence-corrected chi connectivity index (χ4v) is 3.59. The third-order valence-electron chi connectivity index (χ3n) is 4.39. The van der Waals surface area contributed by atoms with Crippen molar-refractivity contribution in [2.24, 2.45) is 0 Å². The van der Waals surface area contributed by atoms with E-state index in [9.17, 15) is 10.2 Å². The van der Waals surface area contributed by atoms with Gasteiger partial charge in [-0.15, -0.1) is 0 Å².